The summed E-state index contributed by atoms with van der Waals surface area (Å²) in [6.07, 6.45) is 4.08. The van der Waals surface area contributed by atoms with Crippen molar-refractivity contribution < 1.29 is 0 Å². The van der Waals surface area contributed by atoms with Crippen molar-refractivity contribution in [3.05, 3.63) is 91.6 Å². The predicted octanol–water partition coefficient (Wildman–Crippen LogP) is 5.42. The molecule has 0 saturated heterocycles. The third-order valence-electron chi connectivity index (χ3n) is 4.17. The van der Waals surface area contributed by atoms with Crippen LogP contribution in [0.15, 0.2) is 91.6 Å². The third-order valence-corrected chi connectivity index (χ3v) is 4.17. The van der Waals surface area contributed by atoms with E-state index in [0.29, 0.717) is 0 Å². The Bertz CT molecular complexity index is 914. The molecule has 23 heavy (non-hydrogen) atoms. The van der Waals surface area contributed by atoms with Crippen molar-refractivity contribution in [1.29, 1.82) is 0 Å². The minimum atomic E-state index is 0.766. The fourth-order valence-electron chi connectivity index (χ4n) is 3.21. The maximum Gasteiger partial charge on any atom is 0.0753 e. The van der Waals surface area contributed by atoms with Crippen molar-refractivity contribution in [3.8, 4) is 0 Å². The summed E-state index contributed by atoms with van der Waals surface area (Å²) in [6, 6.07) is 25.4. The molecule has 0 spiro atoms. The highest BCUT2D eigenvalue weighted by Crippen LogP contribution is 2.38. The smallest absolute Gasteiger partial charge is 0.0753 e. The number of nitrogens with zero attached hydrogens (tertiary/aromatic N) is 2. The Labute approximate surface area is 135 Å². The van der Waals surface area contributed by atoms with Crippen molar-refractivity contribution in [2.45, 2.75) is 0 Å². The highest BCUT2D eigenvalue weighted by Gasteiger charge is 2.17. The van der Waals surface area contributed by atoms with Crippen molar-refractivity contribution in [1.82, 2.24) is 4.40 Å². The predicted molar refractivity (Wildman–Crippen MR) is 98.5 cm³/mol. The molecule has 112 valence electrons. The second-order valence-electron chi connectivity index (χ2n) is 5.56. The quantitative estimate of drug-likeness (QED) is 0.457. The van der Waals surface area contributed by atoms with Crippen molar-refractivity contribution in [2.24, 2.45) is 0 Å². The van der Waals surface area contributed by atoms with Crippen LogP contribution in [0, 0.1) is 0 Å². The molecule has 0 amide bonds. The van der Waals surface area contributed by atoms with E-state index >= 15 is 0 Å². The first-order chi connectivity index (χ1) is 11.4. The van der Waals surface area contributed by atoms with Gasteiger partial charge in [-0.05, 0) is 30.3 Å². The maximum absolute atomic E-state index is 3.95. The first-order valence-electron chi connectivity index (χ1n) is 7.81. The van der Waals surface area contributed by atoms with E-state index < -0.39 is 0 Å². The van der Waals surface area contributed by atoms with E-state index in [0.717, 1.165) is 6.54 Å². The molecule has 2 heteroatoms. The molecule has 2 aromatic carbocycles. The van der Waals surface area contributed by atoms with Gasteiger partial charge < -0.3 is 9.30 Å². The number of aromatic nitrogens is 1. The molecule has 0 fully saturated rings. The van der Waals surface area contributed by atoms with Gasteiger partial charge in [-0.1, -0.05) is 48.5 Å². The normalized spacial score (nSPS) is 11.0. The van der Waals surface area contributed by atoms with Crippen LogP contribution in [0.3, 0.4) is 0 Å². The minimum absolute atomic E-state index is 0.766. The fraction of sp³-hybridized carbons (Fsp3) is 0.0476. The number of hydrogen-bond acceptors (Lipinski definition) is 1. The third kappa shape index (κ3) is 2.20. The van der Waals surface area contributed by atoms with Crippen LogP contribution >= 0.6 is 0 Å². The average molecular weight is 298 g/mol. The molecule has 2 nitrogen and oxygen atoms in total. The summed E-state index contributed by atoms with van der Waals surface area (Å²) in [5, 5.41) is 1.25. The Morgan fingerprint density at radius 1 is 0.826 bits per heavy atom. The van der Waals surface area contributed by atoms with Crippen molar-refractivity contribution >= 4 is 27.8 Å². The van der Waals surface area contributed by atoms with Gasteiger partial charge in [0, 0.05) is 23.8 Å². The Kier molecular flexibility index (Phi) is 3.35. The molecule has 0 bridgehead atoms. The maximum atomic E-state index is 3.95. The van der Waals surface area contributed by atoms with Crippen LogP contribution in [0.4, 0.5) is 11.4 Å². The SMILES string of the molecule is C=CCN(c1ccccc1)c1c2ccccc2n2ccccc12. The molecule has 4 aromatic rings. The fourth-order valence-corrected chi connectivity index (χ4v) is 3.21. The van der Waals surface area contributed by atoms with Gasteiger partial charge in [0.25, 0.3) is 0 Å². The number of rotatable bonds is 4. The average Bonchev–Trinajstić information content (AvgIpc) is 2.95. The number of pyridine rings is 1. The number of hydrogen-bond donors (Lipinski definition) is 0. The molecule has 0 N–H and O–H groups in total. The molecule has 0 radical (unpaired) electrons. The van der Waals surface area contributed by atoms with Crippen molar-refractivity contribution in [3.63, 3.8) is 0 Å². The van der Waals surface area contributed by atoms with Gasteiger partial charge in [-0.25, -0.2) is 0 Å². The lowest BCUT2D eigenvalue weighted by atomic mass is 10.2. The number of anilines is 2. The summed E-state index contributed by atoms with van der Waals surface area (Å²) in [5.41, 5.74) is 4.84. The second-order valence-corrected chi connectivity index (χ2v) is 5.56. The monoisotopic (exact) mass is 298 g/mol. The van der Waals surface area contributed by atoms with Crippen LogP contribution in [0.25, 0.3) is 16.4 Å². The van der Waals surface area contributed by atoms with Gasteiger partial charge in [-0.3, -0.25) is 0 Å². The molecular formula is C21H18N2. The van der Waals surface area contributed by atoms with Gasteiger partial charge >= 0.3 is 0 Å². The zero-order valence-corrected chi connectivity index (χ0v) is 12.9. The van der Waals surface area contributed by atoms with E-state index in [1.54, 1.807) is 0 Å². The molecule has 2 heterocycles. The lowest BCUT2D eigenvalue weighted by molar-refractivity contribution is 1.11. The van der Waals surface area contributed by atoms with E-state index in [2.05, 4.69) is 88.8 Å². The molecule has 0 unspecified atom stereocenters. The highest BCUT2D eigenvalue weighted by atomic mass is 15.2. The Morgan fingerprint density at radius 2 is 1.52 bits per heavy atom. The van der Waals surface area contributed by atoms with Gasteiger partial charge in [0.2, 0.25) is 0 Å². The Hall–Kier alpha value is -3.00. The van der Waals surface area contributed by atoms with Gasteiger partial charge in [-0.15, -0.1) is 6.58 Å². The summed E-state index contributed by atoms with van der Waals surface area (Å²) >= 11 is 0. The number of benzene rings is 2. The molecule has 0 aliphatic carbocycles. The van der Waals surface area contributed by atoms with Gasteiger partial charge in [-0.2, -0.15) is 0 Å². The zero-order chi connectivity index (χ0) is 15.6. The summed E-state index contributed by atoms with van der Waals surface area (Å²) in [6.45, 7) is 4.71. The van der Waals surface area contributed by atoms with Crippen LogP contribution < -0.4 is 4.90 Å². The van der Waals surface area contributed by atoms with Crippen LogP contribution in [0.2, 0.25) is 0 Å². The largest absolute Gasteiger partial charge is 0.335 e. The first-order valence-corrected chi connectivity index (χ1v) is 7.81. The van der Waals surface area contributed by atoms with Crippen molar-refractivity contribution in [2.75, 3.05) is 11.4 Å². The standard InChI is InChI=1S/C21H18N2/c1-2-15-22(17-10-4-3-5-11-17)21-18-12-6-7-13-19(18)23-16-9-8-14-20(21)23/h2-14,16H,1,15H2. The molecular weight excluding hydrogens is 280 g/mol. The summed E-state index contributed by atoms with van der Waals surface area (Å²) in [4.78, 5) is 2.32. The van der Waals surface area contributed by atoms with E-state index in [1.807, 2.05) is 12.1 Å². The zero-order valence-electron chi connectivity index (χ0n) is 12.9. The van der Waals surface area contributed by atoms with E-state index in [-0.39, 0.29) is 0 Å². The molecule has 0 atom stereocenters. The molecule has 0 aliphatic rings. The van der Waals surface area contributed by atoms with E-state index in [4.69, 9.17) is 0 Å². The number of fused-ring (bicyclic) bond motifs is 3. The summed E-state index contributed by atoms with van der Waals surface area (Å²) in [5.74, 6) is 0. The summed E-state index contributed by atoms with van der Waals surface area (Å²) < 4.78 is 2.25. The minimum Gasteiger partial charge on any atom is -0.335 e. The van der Waals surface area contributed by atoms with E-state index in [9.17, 15) is 0 Å². The number of para-hydroxylation sites is 2. The Morgan fingerprint density at radius 3 is 2.35 bits per heavy atom. The molecule has 0 saturated carbocycles. The first kappa shape index (κ1) is 13.6. The Balaban J connectivity index is 2.07. The van der Waals surface area contributed by atoms with Crippen LogP contribution in [-0.2, 0) is 0 Å². The van der Waals surface area contributed by atoms with Crippen LogP contribution in [0.1, 0.15) is 0 Å². The van der Waals surface area contributed by atoms with Crippen LogP contribution in [0.5, 0.6) is 0 Å². The van der Waals surface area contributed by atoms with Crippen LogP contribution in [-0.4, -0.2) is 10.9 Å². The van der Waals surface area contributed by atoms with Gasteiger partial charge in [0.15, 0.2) is 0 Å². The second kappa shape index (κ2) is 5.65. The lowest BCUT2D eigenvalue weighted by Crippen LogP contribution is -2.16. The van der Waals surface area contributed by atoms with Gasteiger partial charge in [0.1, 0.15) is 0 Å². The summed E-state index contributed by atoms with van der Waals surface area (Å²) in [7, 11) is 0. The molecule has 4 rings (SSSR count). The lowest BCUT2D eigenvalue weighted by Gasteiger charge is -2.23. The highest BCUT2D eigenvalue weighted by molar-refractivity contribution is 6.05. The molecule has 0 aliphatic heterocycles. The van der Waals surface area contributed by atoms with Gasteiger partial charge in [0.05, 0.1) is 16.7 Å². The van der Waals surface area contributed by atoms with E-state index in [1.165, 1.54) is 27.8 Å². The topological polar surface area (TPSA) is 7.65 Å². The molecule has 2 aromatic heterocycles.